The smallest absolute Gasteiger partial charge is 0.321 e. The minimum atomic E-state index is -2.76. The number of hydrogen-bond acceptors (Lipinski definition) is 4. The number of rotatable bonds is 6. The highest BCUT2D eigenvalue weighted by Gasteiger charge is 2.19. The van der Waals surface area contributed by atoms with Crippen molar-refractivity contribution in [2.45, 2.75) is 18.6 Å². The van der Waals surface area contributed by atoms with Crippen molar-refractivity contribution in [1.29, 1.82) is 0 Å². The number of nitrogens with zero attached hydrogens (tertiary/aromatic N) is 2. The van der Waals surface area contributed by atoms with Crippen LogP contribution in [0.2, 0.25) is 0 Å². The largest absolute Gasteiger partial charge is 0.325 e. The maximum atomic E-state index is 13.4. The average molecular weight is 375 g/mol. The van der Waals surface area contributed by atoms with Gasteiger partial charge in [0, 0.05) is 5.56 Å². The van der Waals surface area contributed by atoms with Crippen LogP contribution in [-0.4, -0.2) is 27.0 Å². The van der Waals surface area contributed by atoms with Crippen LogP contribution >= 0.6 is 11.8 Å². The van der Waals surface area contributed by atoms with E-state index in [1.807, 2.05) is 0 Å². The topological polar surface area (TPSA) is 64.0 Å². The fourth-order valence-corrected chi connectivity index (χ4v) is 3.34. The summed E-state index contributed by atoms with van der Waals surface area (Å²) in [4.78, 5) is 28.0. The summed E-state index contributed by atoms with van der Waals surface area (Å²) in [5.74, 6) is -0.688. The lowest BCUT2D eigenvalue weighted by Crippen LogP contribution is -2.16. The standard InChI is InChI=1S/C18H15F2N3O2S/c1-11(24)12-6-2-3-7-13(12)21-16(25)10-26-18-22-14-8-4-5-9-15(14)23(18)17(19)20/h2-9,17H,10H2,1H3,(H,21,25). The van der Waals surface area contributed by atoms with Crippen LogP contribution in [0.25, 0.3) is 11.0 Å². The van der Waals surface area contributed by atoms with Gasteiger partial charge in [-0.3, -0.25) is 14.2 Å². The molecule has 134 valence electrons. The van der Waals surface area contributed by atoms with Crippen LogP contribution in [0.3, 0.4) is 0 Å². The zero-order valence-corrected chi connectivity index (χ0v) is 14.6. The minimum absolute atomic E-state index is 0.0659. The van der Waals surface area contributed by atoms with Crippen molar-refractivity contribution < 1.29 is 18.4 Å². The Bertz CT molecular complexity index is 972. The Morgan fingerprint density at radius 3 is 2.58 bits per heavy atom. The van der Waals surface area contributed by atoms with Crippen molar-refractivity contribution in [3.05, 3.63) is 54.1 Å². The molecule has 0 fully saturated rings. The predicted octanol–water partition coefficient (Wildman–Crippen LogP) is 4.36. The molecule has 0 spiro atoms. The molecule has 1 aromatic heterocycles. The Kier molecular flexibility index (Phi) is 5.32. The van der Waals surface area contributed by atoms with Gasteiger partial charge in [0.2, 0.25) is 5.91 Å². The van der Waals surface area contributed by atoms with Gasteiger partial charge in [-0.15, -0.1) is 0 Å². The van der Waals surface area contributed by atoms with Crippen LogP contribution in [0.15, 0.2) is 53.7 Å². The summed E-state index contributed by atoms with van der Waals surface area (Å²) in [5, 5.41) is 2.71. The van der Waals surface area contributed by atoms with Crippen LogP contribution in [0.5, 0.6) is 0 Å². The highest BCUT2D eigenvalue weighted by molar-refractivity contribution is 7.99. The van der Waals surface area contributed by atoms with Crippen LogP contribution in [0.1, 0.15) is 23.8 Å². The molecular formula is C18H15F2N3O2S. The molecule has 0 aliphatic carbocycles. The molecule has 0 saturated carbocycles. The highest BCUT2D eigenvalue weighted by atomic mass is 32.2. The van der Waals surface area contributed by atoms with E-state index in [4.69, 9.17) is 0 Å². The first-order valence-electron chi connectivity index (χ1n) is 7.75. The summed E-state index contributed by atoms with van der Waals surface area (Å²) in [6.07, 6.45) is 0. The SMILES string of the molecule is CC(=O)c1ccccc1NC(=O)CSc1nc2ccccc2n1C(F)F. The second-order valence-electron chi connectivity index (χ2n) is 5.47. The van der Waals surface area contributed by atoms with Gasteiger partial charge >= 0.3 is 6.55 Å². The number of alkyl halides is 2. The molecular weight excluding hydrogens is 360 g/mol. The number of ketones is 1. The lowest BCUT2D eigenvalue weighted by molar-refractivity contribution is -0.113. The Balaban J connectivity index is 1.75. The summed E-state index contributed by atoms with van der Waals surface area (Å²) in [6.45, 7) is -1.35. The molecule has 1 amide bonds. The molecule has 3 rings (SSSR count). The molecule has 0 bridgehead atoms. The summed E-state index contributed by atoms with van der Waals surface area (Å²) in [6, 6.07) is 13.2. The van der Waals surface area contributed by atoms with E-state index in [9.17, 15) is 18.4 Å². The summed E-state index contributed by atoms with van der Waals surface area (Å²) >= 11 is 0.918. The first kappa shape index (κ1) is 18.1. The van der Waals surface area contributed by atoms with Gasteiger partial charge in [-0.25, -0.2) is 4.98 Å². The van der Waals surface area contributed by atoms with Crippen molar-refractivity contribution in [2.75, 3.05) is 11.1 Å². The van der Waals surface area contributed by atoms with E-state index >= 15 is 0 Å². The maximum absolute atomic E-state index is 13.4. The van der Waals surface area contributed by atoms with E-state index < -0.39 is 12.5 Å². The number of aromatic nitrogens is 2. The molecule has 0 radical (unpaired) electrons. The van der Waals surface area contributed by atoms with Crippen molar-refractivity contribution >= 4 is 40.2 Å². The first-order valence-corrected chi connectivity index (χ1v) is 8.73. The average Bonchev–Trinajstić information content (AvgIpc) is 2.99. The van der Waals surface area contributed by atoms with Crippen LogP contribution < -0.4 is 5.32 Å². The van der Waals surface area contributed by atoms with Crippen molar-refractivity contribution in [1.82, 2.24) is 9.55 Å². The Morgan fingerprint density at radius 1 is 1.15 bits per heavy atom. The van der Waals surface area contributed by atoms with E-state index in [0.717, 1.165) is 16.3 Å². The Labute approximate surface area is 152 Å². The molecule has 0 atom stereocenters. The number of halogens is 2. The fourth-order valence-electron chi connectivity index (χ4n) is 2.53. The lowest BCUT2D eigenvalue weighted by Gasteiger charge is -2.09. The number of amides is 1. The zero-order chi connectivity index (χ0) is 18.7. The number of carbonyl (C=O) groups is 2. The number of nitrogens with one attached hydrogen (secondary N) is 1. The number of imidazole rings is 1. The molecule has 5 nitrogen and oxygen atoms in total. The second-order valence-corrected chi connectivity index (χ2v) is 6.41. The summed E-state index contributed by atoms with van der Waals surface area (Å²) in [7, 11) is 0. The number of fused-ring (bicyclic) bond motifs is 1. The second kappa shape index (κ2) is 7.65. The van der Waals surface area contributed by atoms with Gasteiger partial charge in [-0.1, -0.05) is 36.0 Å². The molecule has 0 aliphatic heterocycles. The van der Waals surface area contributed by atoms with E-state index in [2.05, 4.69) is 10.3 Å². The third-order valence-corrected chi connectivity index (χ3v) is 4.62. The molecule has 8 heteroatoms. The van der Waals surface area contributed by atoms with E-state index in [1.54, 1.807) is 48.5 Å². The zero-order valence-electron chi connectivity index (χ0n) is 13.8. The molecule has 3 aromatic rings. The Morgan fingerprint density at radius 2 is 1.85 bits per heavy atom. The quantitative estimate of drug-likeness (QED) is 0.513. The van der Waals surface area contributed by atoms with Gasteiger partial charge in [0.05, 0.1) is 22.5 Å². The molecule has 26 heavy (non-hydrogen) atoms. The number of anilines is 1. The summed E-state index contributed by atoms with van der Waals surface area (Å²) in [5.41, 5.74) is 1.54. The van der Waals surface area contributed by atoms with Gasteiger partial charge in [-0.05, 0) is 31.2 Å². The third-order valence-electron chi connectivity index (χ3n) is 3.67. The third kappa shape index (κ3) is 3.75. The first-order chi connectivity index (χ1) is 12.5. The monoisotopic (exact) mass is 375 g/mol. The number of thioether (sulfide) groups is 1. The predicted molar refractivity (Wildman–Crippen MR) is 96.8 cm³/mol. The number of hydrogen-bond donors (Lipinski definition) is 1. The maximum Gasteiger partial charge on any atom is 0.321 e. The highest BCUT2D eigenvalue weighted by Crippen LogP contribution is 2.29. The van der Waals surface area contributed by atoms with Gasteiger partial charge in [-0.2, -0.15) is 8.78 Å². The van der Waals surface area contributed by atoms with Crippen LogP contribution in [0, 0.1) is 0 Å². The Hall–Kier alpha value is -2.74. The molecule has 2 aromatic carbocycles. The molecule has 0 saturated heterocycles. The van der Waals surface area contributed by atoms with E-state index in [-0.39, 0.29) is 16.7 Å². The van der Waals surface area contributed by atoms with Gasteiger partial charge < -0.3 is 5.32 Å². The lowest BCUT2D eigenvalue weighted by atomic mass is 10.1. The number of benzene rings is 2. The molecule has 0 aliphatic rings. The summed E-state index contributed by atoms with van der Waals surface area (Å²) < 4.78 is 27.6. The normalized spacial score (nSPS) is 11.1. The minimum Gasteiger partial charge on any atom is -0.325 e. The van der Waals surface area contributed by atoms with Crippen molar-refractivity contribution in [3.8, 4) is 0 Å². The van der Waals surface area contributed by atoms with Gasteiger partial charge in [0.15, 0.2) is 10.9 Å². The van der Waals surface area contributed by atoms with Crippen molar-refractivity contribution in [3.63, 3.8) is 0 Å². The van der Waals surface area contributed by atoms with Gasteiger partial charge in [0.1, 0.15) is 0 Å². The van der Waals surface area contributed by atoms with Crippen LogP contribution in [0.4, 0.5) is 14.5 Å². The number of Topliss-reactive ketones (excluding diaryl/α,β-unsaturated/α-hetero) is 1. The van der Waals surface area contributed by atoms with Crippen LogP contribution in [-0.2, 0) is 4.79 Å². The molecule has 1 heterocycles. The van der Waals surface area contributed by atoms with Gasteiger partial charge in [0.25, 0.3) is 0 Å². The number of carbonyl (C=O) groups excluding carboxylic acids is 2. The number of para-hydroxylation sites is 3. The fraction of sp³-hybridized carbons (Fsp3) is 0.167. The van der Waals surface area contributed by atoms with E-state index in [0.29, 0.717) is 22.3 Å². The molecule has 1 N–H and O–H groups in total. The van der Waals surface area contributed by atoms with Crippen molar-refractivity contribution in [2.24, 2.45) is 0 Å². The van der Waals surface area contributed by atoms with E-state index in [1.165, 1.54) is 6.92 Å². The molecule has 0 unspecified atom stereocenters.